The summed E-state index contributed by atoms with van der Waals surface area (Å²) in [5.41, 5.74) is 2.48. The van der Waals surface area contributed by atoms with E-state index in [-0.39, 0.29) is 12.5 Å². The van der Waals surface area contributed by atoms with Gasteiger partial charge in [0.2, 0.25) is 5.91 Å². The van der Waals surface area contributed by atoms with Crippen molar-refractivity contribution in [2.75, 3.05) is 38.2 Å². The number of carbonyl (C=O) groups excluding carboxylic acids is 1. The molecular weight excluding hydrogens is 420 g/mol. The van der Waals surface area contributed by atoms with Crippen molar-refractivity contribution in [3.8, 4) is 5.75 Å². The normalized spacial score (nSPS) is 14.9. The van der Waals surface area contributed by atoms with Gasteiger partial charge in [0.15, 0.2) is 5.65 Å². The molecule has 31 heavy (non-hydrogen) atoms. The number of piperazine rings is 1. The molecule has 0 bridgehead atoms. The van der Waals surface area contributed by atoms with Gasteiger partial charge in [-0.2, -0.15) is 5.10 Å². The average Bonchev–Trinajstić information content (AvgIpc) is 3.17. The molecule has 9 nitrogen and oxygen atoms in total. The molecule has 2 aromatic heterocycles. The number of hydrogen-bond acceptors (Lipinski definition) is 7. The van der Waals surface area contributed by atoms with E-state index in [0.717, 1.165) is 11.1 Å². The van der Waals surface area contributed by atoms with Crippen LogP contribution < -0.4 is 9.64 Å². The maximum atomic E-state index is 12.9. The first-order valence-corrected chi connectivity index (χ1v) is 10.3. The summed E-state index contributed by atoms with van der Waals surface area (Å²) in [7, 11) is 1.59. The summed E-state index contributed by atoms with van der Waals surface area (Å²) in [5, 5.41) is 18.2. The molecule has 0 spiro atoms. The van der Waals surface area contributed by atoms with Crippen LogP contribution in [0.3, 0.4) is 0 Å². The number of benzene rings is 1. The summed E-state index contributed by atoms with van der Waals surface area (Å²) in [6, 6.07) is 9.32. The number of oxime groups is 1. The van der Waals surface area contributed by atoms with E-state index in [1.165, 1.54) is 0 Å². The molecule has 3 aromatic rings. The number of fused-ring (bicyclic) bond motifs is 1. The Bertz CT molecular complexity index is 1140. The van der Waals surface area contributed by atoms with Gasteiger partial charge in [-0.1, -0.05) is 16.8 Å². The SMILES string of the molecule is COc1cc(N2CCN(C(=O)Cn3nc(/C(C)=N/O)c4cccnc43)CC2)ccc1Cl. The maximum absolute atomic E-state index is 12.9. The van der Waals surface area contributed by atoms with Gasteiger partial charge in [0, 0.05) is 49.5 Å². The van der Waals surface area contributed by atoms with Gasteiger partial charge in [0.25, 0.3) is 0 Å². The zero-order valence-corrected chi connectivity index (χ0v) is 18.1. The Labute approximate surface area is 184 Å². The number of halogens is 1. The Morgan fingerprint density at radius 1 is 1.26 bits per heavy atom. The Morgan fingerprint density at radius 2 is 2.03 bits per heavy atom. The van der Waals surface area contributed by atoms with Crippen molar-refractivity contribution in [3.63, 3.8) is 0 Å². The number of rotatable bonds is 5. The van der Waals surface area contributed by atoms with E-state index in [0.29, 0.717) is 54.0 Å². The van der Waals surface area contributed by atoms with Crippen molar-refractivity contribution >= 4 is 39.9 Å². The zero-order chi connectivity index (χ0) is 22.0. The van der Waals surface area contributed by atoms with Gasteiger partial charge in [-0.05, 0) is 31.2 Å². The number of methoxy groups -OCH3 is 1. The third kappa shape index (κ3) is 4.13. The highest BCUT2D eigenvalue weighted by atomic mass is 35.5. The van der Waals surface area contributed by atoms with Crippen molar-refractivity contribution in [2.24, 2.45) is 5.16 Å². The van der Waals surface area contributed by atoms with Crippen molar-refractivity contribution in [2.45, 2.75) is 13.5 Å². The van der Waals surface area contributed by atoms with Gasteiger partial charge in [-0.25, -0.2) is 9.67 Å². The first-order chi connectivity index (χ1) is 15.0. The second kappa shape index (κ2) is 8.81. The van der Waals surface area contributed by atoms with Gasteiger partial charge in [0.05, 0.1) is 12.1 Å². The number of ether oxygens (including phenoxy) is 1. The van der Waals surface area contributed by atoms with Crippen LogP contribution in [0.4, 0.5) is 5.69 Å². The molecule has 1 N–H and O–H groups in total. The van der Waals surface area contributed by atoms with Crippen LogP contribution in [-0.2, 0) is 11.3 Å². The maximum Gasteiger partial charge on any atom is 0.244 e. The molecule has 1 aliphatic heterocycles. The number of amides is 1. The summed E-state index contributed by atoms with van der Waals surface area (Å²) in [4.78, 5) is 21.3. The van der Waals surface area contributed by atoms with E-state index in [2.05, 4.69) is 20.1 Å². The molecule has 0 unspecified atom stereocenters. The molecule has 4 rings (SSSR count). The second-order valence-electron chi connectivity index (χ2n) is 7.25. The highest BCUT2D eigenvalue weighted by Crippen LogP contribution is 2.29. The summed E-state index contributed by atoms with van der Waals surface area (Å²) in [5.74, 6) is 0.599. The fourth-order valence-corrected chi connectivity index (χ4v) is 3.92. The topological polar surface area (TPSA) is 96.1 Å². The lowest BCUT2D eigenvalue weighted by atomic mass is 10.2. The molecular formula is C21H23ClN6O3. The van der Waals surface area contributed by atoms with E-state index in [1.807, 2.05) is 29.2 Å². The van der Waals surface area contributed by atoms with Crippen molar-refractivity contribution in [1.29, 1.82) is 0 Å². The molecule has 3 heterocycles. The van der Waals surface area contributed by atoms with Crippen molar-refractivity contribution in [1.82, 2.24) is 19.7 Å². The van der Waals surface area contributed by atoms with Gasteiger partial charge in [-0.3, -0.25) is 4.79 Å². The van der Waals surface area contributed by atoms with Gasteiger partial charge in [0.1, 0.15) is 23.7 Å². The van der Waals surface area contributed by atoms with E-state index in [1.54, 1.807) is 31.0 Å². The predicted octanol–water partition coefficient (Wildman–Crippen LogP) is 2.64. The van der Waals surface area contributed by atoms with Crippen LogP contribution in [0.5, 0.6) is 5.75 Å². The summed E-state index contributed by atoms with van der Waals surface area (Å²) in [6.45, 7) is 4.33. The number of carbonyl (C=O) groups is 1. The Balaban J connectivity index is 1.45. The fraction of sp³-hybridized carbons (Fsp3) is 0.333. The van der Waals surface area contributed by atoms with E-state index < -0.39 is 0 Å². The number of aromatic nitrogens is 3. The summed E-state index contributed by atoms with van der Waals surface area (Å²) < 4.78 is 6.87. The second-order valence-corrected chi connectivity index (χ2v) is 7.66. The van der Waals surface area contributed by atoms with Crippen LogP contribution in [0.15, 0.2) is 41.7 Å². The molecule has 0 saturated carbocycles. The molecule has 0 atom stereocenters. The third-order valence-electron chi connectivity index (χ3n) is 5.42. The minimum absolute atomic E-state index is 0.0338. The van der Waals surface area contributed by atoms with E-state index in [4.69, 9.17) is 21.5 Å². The molecule has 1 aromatic carbocycles. The summed E-state index contributed by atoms with van der Waals surface area (Å²) in [6.07, 6.45) is 1.65. The highest BCUT2D eigenvalue weighted by Gasteiger charge is 2.24. The van der Waals surface area contributed by atoms with Crippen molar-refractivity contribution < 1.29 is 14.7 Å². The lowest BCUT2D eigenvalue weighted by Crippen LogP contribution is -2.49. The monoisotopic (exact) mass is 442 g/mol. The van der Waals surface area contributed by atoms with Gasteiger partial charge in [-0.15, -0.1) is 0 Å². The minimum atomic E-state index is -0.0338. The molecule has 1 aliphatic rings. The average molecular weight is 443 g/mol. The quantitative estimate of drug-likeness (QED) is 0.370. The fourth-order valence-electron chi connectivity index (χ4n) is 3.72. The molecule has 1 saturated heterocycles. The largest absolute Gasteiger partial charge is 0.495 e. The van der Waals surface area contributed by atoms with Crippen LogP contribution in [0.1, 0.15) is 12.6 Å². The lowest BCUT2D eigenvalue weighted by molar-refractivity contribution is -0.132. The number of anilines is 1. The molecule has 0 aliphatic carbocycles. The van der Waals surface area contributed by atoms with Crippen LogP contribution in [0.25, 0.3) is 11.0 Å². The number of hydrogen-bond donors (Lipinski definition) is 1. The number of nitrogens with zero attached hydrogens (tertiary/aromatic N) is 6. The van der Waals surface area contributed by atoms with E-state index >= 15 is 0 Å². The van der Waals surface area contributed by atoms with Gasteiger partial charge >= 0.3 is 0 Å². The Hall–Kier alpha value is -3.33. The highest BCUT2D eigenvalue weighted by molar-refractivity contribution is 6.32. The predicted molar refractivity (Wildman–Crippen MR) is 118 cm³/mol. The van der Waals surface area contributed by atoms with Crippen LogP contribution in [0.2, 0.25) is 5.02 Å². The molecule has 0 radical (unpaired) electrons. The number of pyridine rings is 1. The summed E-state index contributed by atoms with van der Waals surface area (Å²) >= 11 is 6.12. The van der Waals surface area contributed by atoms with Crippen LogP contribution >= 0.6 is 11.6 Å². The molecule has 162 valence electrons. The van der Waals surface area contributed by atoms with Crippen LogP contribution in [-0.4, -0.2) is 69.8 Å². The molecule has 10 heteroatoms. The third-order valence-corrected chi connectivity index (χ3v) is 5.73. The van der Waals surface area contributed by atoms with Crippen LogP contribution in [0, 0.1) is 0 Å². The molecule has 1 fully saturated rings. The minimum Gasteiger partial charge on any atom is -0.495 e. The van der Waals surface area contributed by atoms with E-state index in [9.17, 15) is 4.79 Å². The molecule has 1 amide bonds. The Kier molecular flexibility index (Phi) is 5.94. The standard InChI is InChI=1S/C21H23ClN6O3/c1-14(25-30)20-16-4-3-7-23-21(16)28(24-20)13-19(29)27-10-8-26(9-11-27)15-5-6-17(22)18(12-15)31-2/h3-7,12,30H,8-11,13H2,1-2H3/b25-14+. The lowest BCUT2D eigenvalue weighted by Gasteiger charge is -2.36. The van der Waals surface area contributed by atoms with Gasteiger partial charge < -0.3 is 19.7 Å². The van der Waals surface area contributed by atoms with Crippen molar-refractivity contribution in [3.05, 3.63) is 47.2 Å². The first kappa shape index (κ1) is 20.9. The smallest absolute Gasteiger partial charge is 0.244 e. The Morgan fingerprint density at radius 3 is 2.74 bits per heavy atom. The zero-order valence-electron chi connectivity index (χ0n) is 17.3. The first-order valence-electron chi connectivity index (χ1n) is 9.88.